The summed E-state index contributed by atoms with van der Waals surface area (Å²) in [5, 5.41) is 0. The number of carbonyl (C=O) groups is 1. The number of esters is 1. The Labute approximate surface area is 163 Å². The minimum Gasteiger partial charge on any atom is -0.469 e. The topological polar surface area (TPSA) is 63.2 Å². The molecule has 0 aromatic rings. The number of ether oxygens (including phenoxy) is 5. The molecule has 2 saturated heterocycles. The van der Waals surface area contributed by atoms with E-state index in [0.29, 0.717) is 18.8 Å². The number of carbonyl (C=O) groups excluding carboxylic acids is 1. The Morgan fingerprint density at radius 2 is 1.74 bits per heavy atom. The summed E-state index contributed by atoms with van der Waals surface area (Å²) in [5.74, 6) is -0.555. The Balaban J connectivity index is 1.97. The van der Waals surface area contributed by atoms with E-state index >= 15 is 0 Å². The average Bonchev–Trinajstić information content (AvgIpc) is 2.67. The van der Waals surface area contributed by atoms with Crippen LogP contribution >= 0.6 is 0 Å². The van der Waals surface area contributed by atoms with E-state index in [0.717, 1.165) is 32.1 Å². The maximum absolute atomic E-state index is 11.7. The second-order valence-electron chi connectivity index (χ2n) is 7.88. The maximum atomic E-state index is 11.7. The second-order valence-corrected chi connectivity index (χ2v) is 7.88. The largest absolute Gasteiger partial charge is 0.469 e. The Bertz CT molecular complexity index is 475. The molecular weight excluding hydrogens is 348 g/mol. The first kappa shape index (κ1) is 22.3. The van der Waals surface area contributed by atoms with Crippen LogP contribution in [0.1, 0.15) is 58.3 Å². The highest BCUT2D eigenvalue weighted by Gasteiger charge is 2.43. The minimum absolute atomic E-state index is 0.0751. The summed E-state index contributed by atoms with van der Waals surface area (Å²) < 4.78 is 28.7. The van der Waals surface area contributed by atoms with Crippen LogP contribution in [0.4, 0.5) is 0 Å². The summed E-state index contributed by atoms with van der Waals surface area (Å²) in [7, 11) is 4.68. The average molecular weight is 385 g/mol. The normalized spacial score (nSPS) is 31.9. The summed E-state index contributed by atoms with van der Waals surface area (Å²) in [6, 6.07) is 0. The molecule has 0 saturated carbocycles. The highest BCUT2D eigenvalue weighted by Crippen LogP contribution is 2.37. The Kier molecular flexibility index (Phi) is 8.73. The van der Waals surface area contributed by atoms with Crippen LogP contribution in [0.25, 0.3) is 0 Å². The molecule has 156 valence electrons. The maximum Gasteiger partial charge on any atom is 0.308 e. The van der Waals surface area contributed by atoms with Crippen LogP contribution in [-0.2, 0) is 28.5 Å². The lowest BCUT2D eigenvalue weighted by Gasteiger charge is -2.43. The predicted octanol–water partition coefficient (Wildman–Crippen LogP) is 3.63. The Morgan fingerprint density at radius 1 is 1.11 bits per heavy atom. The molecule has 0 aliphatic carbocycles. The molecule has 2 rings (SSSR count). The van der Waals surface area contributed by atoms with Gasteiger partial charge in [-0.25, -0.2) is 0 Å². The minimum atomic E-state index is -0.729. The third-order valence-electron chi connectivity index (χ3n) is 5.83. The summed E-state index contributed by atoms with van der Waals surface area (Å²) in [6.07, 6.45) is 8.51. The molecular formula is C21H36O6. The monoisotopic (exact) mass is 384 g/mol. The summed E-state index contributed by atoms with van der Waals surface area (Å²) in [5.41, 5.74) is 0. The fraction of sp³-hybridized carbons (Fsp3) is 0.857. The first-order chi connectivity index (χ1) is 12.9. The van der Waals surface area contributed by atoms with Gasteiger partial charge in [0, 0.05) is 27.1 Å². The molecule has 0 bridgehead atoms. The van der Waals surface area contributed by atoms with Crippen molar-refractivity contribution in [3.05, 3.63) is 12.7 Å². The van der Waals surface area contributed by atoms with Gasteiger partial charge in [-0.15, -0.1) is 6.58 Å². The van der Waals surface area contributed by atoms with Crippen molar-refractivity contribution >= 4 is 5.97 Å². The zero-order valence-electron chi connectivity index (χ0n) is 17.3. The molecule has 0 spiro atoms. The van der Waals surface area contributed by atoms with Crippen molar-refractivity contribution in [3.63, 3.8) is 0 Å². The number of hydrogen-bond donors (Lipinski definition) is 0. The molecule has 0 unspecified atom stereocenters. The highest BCUT2D eigenvalue weighted by molar-refractivity contribution is 5.69. The van der Waals surface area contributed by atoms with Crippen molar-refractivity contribution in [1.29, 1.82) is 0 Å². The lowest BCUT2D eigenvalue weighted by Crippen LogP contribution is -2.49. The van der Waals surface area contributed by atoms with E-state index in [1.54, 1.807) is 14.2 Å². The van der Waals surface area contributed by atoms with E-state index in [1.807, 2.05) is 6.08 Å². The van der Waals surface area contributed by atoms with Crippen LogP contribution < -0.4 is 0 Å². The fourth-order valence-electron chi connectivity index (χ4n) is 4.22. The van der Waals surface area contributed by atoms with E-state index < -0.39 is 5.79 Å². The van der Waals surface area contributed by atoms with Gasteiger partial charge >= 0.3 is 5.97 Å². The molecule has 2 aliphatic rings. The van der Waals surface area contributed by atoms with E-state index in [-0.39, 0.29) is 36.8 Å². The smallest absolute Gasteiger partial charge is 0.308 e. The fourth-order valence-corrected chi connectivity index (χ4v) is 4.22. The van der Waals surface area contributed by atoms with Gasteiger partial charge in [0.15, 0.2) is 5.79 Å². The van der Waals surface area contributed by atoms with Crippen LogP contribution in [0.3, 0.4) is 0 Å². The summed E-state index contributed by atoms with van der Waals surface area (Å²) in [4.78, 5) is 11.7. The summed E-state index contributed by atoms with van der Waals surface area (Å²) >= 11 is 0. The zero-order valence-corrected chi connectivity index (χ0v) is 17.3. The SMILES string of the molecule is C=C[C@@H](C)C[C@@H]1CCC[C@H](C[C@@H]2CC(OC)(OC)C[C@H](CC(=O)OC)O2)O1. The van der Waals surface area contributed by atoms with Crippen molar-refractivity contribution < 1.29 is 28.5 Å². The van der Waals surface area contributed by atoms with E-state index in [1.165, 1.54) is 7.11 Å². The molecule has 6 nitrogen and oxygen atoms in total. The molecule has 0 amide bonds. The lowest BCUT2D eigenvalue weighted by atomic mass is 9.90. The van der Waals surface area contributed by atoms with E-state index in [2.05, 4.69) is 13.5 Å². The van der Waals surface area contributed by atoms with Gasteiger partial charge in [-0.1, -0.05) is 13.0 Å². The quantitative estimate of drug-likeness (QED) is 0.344. The predicted molar refractivity (Wildman–Crippen MR) is 102 cm³/mol. The van der Waals surface area contributed by atoms with Crippen molar-refractivity contribution in [3.8, 4) is 0 Å². The van der Waals surface area contributed by atoms with Crippen LogP contribution in [0.5, 0.6) is 0 Å². The molecule has 5 atom stereocenters. The van der Waals surface area contributed by atoms with E-state index in [4.69, 9.17) is 23.7 Å². The third-order valence-corrected chi connectivity index (χ3v) is 5.83. The van der Waals surface area contributed by atoms with Crippen molar-refractivity contribution in [2.24, 2.45) is 5.92 Å². The molecule has 6 heteroatoms. The zero-order chi connectivity index (χ0) is 19.9. The molecule has 2 fully saturated rings. The molecule has 2 aliphatic heterocycles. The van der Waals surface area contributed by atoms with Crippen molar-refractivity contribution in [1.82, 2.24) is 0 Å². The number of allylic oxidation sites excluding steroid dienone is 1. The van der Waals surface area contributed by atoms with Gasteiger partial charge < -0.3 is 23.7 Å². The Hall–Kier alpha value is -0.950. The van der Waals surface area contributed by atoms with Gasteiger partial charge in [0.25, 0.3) is 0 Å². The standard InChI is InChI=1S/C21H36O6/c1-6-15(2)10-16-8-7-9-17(26-16)11-18-13-21(24-4,25-5)14-19(27-18)12-20(22)23-3/h6,15-19H,1,7-14H2,2-5H3/t15-,16+,17-,18-,19+/m1/s1. The first-order valence-electron chi connectivity index (χ1n) is 10.0. The van der Waals surface area contributed by atoms with Crippen LogP contribution in [0.2, 0.25) is 0 Å². The number of methoxy groups -OCH3 is 3. The van der Waals surface area contributed by atoms with Gasteiger partial charge in [-0.2, -0.15) is 0 Å². The number of hydrogen-bond acceptors (Lipinski definition) is 6. The molecule has 0 aromatic carbocycles. The van der Waals surface area contributed by atoms with Crippen LogP contribution in [-0.4, -0.2) is 57.5 Å². The molecule has 0 aromatic heterocycles. The molecule has 0 radical (unpaired) electrons. The molecule has 27 heavy (non-hydrogen) atoms. The molecule has 0 N–H and O–H groups in total. The van der Waals surface area contributed by atoms with Gasteiger partial charge in [0.05, 0.1) is 37.9 Å². The van der Waals surface area contributed by atoms with Gasteiger partial charge in [-0.3, -0.25) is 4.79 Å². The first-order valence-corrected chi connectivity index (χ1v) is 10.0. The highest BCUT2D eigenvalue weighted by atomic mass is 16.7. The Morgan fingerprint density at radius 3 is 2.37 bits per heavy atom. The van der Waals surface area contributed by atoms with Crippen molar-refractivity contribution in [2.45, 2.75) is 88.5 Å². The van der Waals surface area contributed by atoms with Gasteiger partial charge in [0.1, 0.15) is 0 Å². The van der Waals surface area contributed by atoms with Crippen molar-refractivity contribution in [2.75, 3.05) is 21.3 Å². The third kappa shape index (κ3) is 6.56. The number of rotatable bonds is 9. The summed E-state index contributed by atoms with van der Waals surface area (Å²) in [6.45, 7) is 6.05. The molecule has 2 heterocycles. The van der Waals surface area contributed by atoms with Crippen LogP contribution in [0, 0.1) is 5.92 Å². The van der Waals surface area contributed by atoms with Gasteiger partial charge in [0.2, 0.25) is 0 Å². The lowest BCUT2D eigenvalue weighted by molar-refractivity contribution is -0.276. The van der Waals surface area contributed by atoms with Crippen LogP contribution in [0.15, 0.2) is 12.7 Å². The van der Waals surface area contributed by atoms with E-state index in [9.17, 15) is 4.79 Å². The van der Waals surface area contributed by atoms with Gasteiger partial charge in [-0.05, 0) is 38.0 Å². The second kappa shape index (κ2) is 10.6.